The second-order valence-corrected chi connectivity index (χ2v) is 3.56. The summed E-state index contributed by atoms with van der Waals surface area (Å²) in [4.78, 5) is 2.44. The summed E-state index contributed by atoms with van der Waals surface area (Å²) >= 11 is 0. The van der Waals surface area contributed by atoms with E-state index in [-0.39, 0.29) is 0 Å². The maximum atomic E-state index is 2.44. The SMILES string of the molecule is CCCCC1CCN(C)C1. The molecule has 1 rings (SSSR count). The minimum absolute atomic E-state index is 1.02. The van der Waals surface area contributed by atoms with Crippen molar-refractivity contribution >= 4 is 0 Å². The van der Waals surface area contributed by atoms with E-state index in [2.05, 4.69) is 18.9 Å². The van der Waals surface area contributed by atoms with Gasteiger partial charge >= 0.3 is 0 Å². The van der Waals surface area contributed by atoms with Gasteiger partial charge in [-0.1, -0.05) is 19.8 Å². The summed E-state index contributed by atoms with van der Waals surface area (Å²) in [5, 5.41) is 0. The van der Waals surface area contributed by atoms with Crippen molar-refractivity contribution in [1.29, 1.82) is 0 Å². The number of hydrogen-bond donors (Lipinski definition) is 0. The molecule has 0 N–H and O–H groups in total. The predicted molar refractivity (Wildman–Crippen MR) is 45.1 cm³/mol. The van der Waals surface area contributed by atoms with Gasteiger partial charge in [-0.2, -0.15) is 0 Å². The molecule has 0 amide bonds. The van der Waals surface area contributed by atoms with Gasteiger partial charge in [-0.3, -0.25) is 0 Å². The lowest BCUT2D eigenvalue weighted by Gasteiger charge is -2.08. The van der Waals surface area contributed by atoms with Crippen molar-refractivity contribution in [2.24, 2.45) is 5.92 Å². The molecule has 1 heterocycles. The van der Waals surface area contributed by atoms with E-state index in [1.165, 1.54) is 38.8 Å². The second-order valence-electron chi connectivity index (χ2n) is 3.56. The first-order valence-electron chi connectivity index (χ1n) is 4.51. The maximum absolute atomic E-state index is 2.44. The Balaban J connectivity index is 2.06. The normalized spacial score (nSPS) is 27.6. The molecule has 0 bridgehead atoms. The Hall–Kier alpha value is -0.0400. The van der Waals surface area contributed by atoms with Crippen LogP contribution in [0, 0.1) is 5.92 Å². The van der Waals surface area contributed by atoms with Crippen LogP contribution in [0.1, 0.15) is 32.6 Å². The standard InChI is InChI=1S/C9H19N/c1-3-4-5-9-6-7-10(2)8-9/h9H,3-8H2,1-2H3. The molecule has 1 saturated heterocycles. The Bertz CT molecular complexity index is 90.7. The van der Waals surface area contributed by atoms with Gasteiger partial charge in [0.15, 0.2) is 0 Å². The van der Waals surface area contributed by atoms with Gasteiger partial charge in [-0.05, 0) is 32.4 Å². The van der Waals surface area contributed by atoms with E-state index in [1.54, 1.807) is 0 Å². The fourth-order valence-electron chi connectivity index (χ4n) is 1.75. The molecule has 0 aromatic heterocycles. The highest BCUT2D eigenvalue weighted by molar-refractivity contribution is 4.72. The van der Waals surface area contributed by atoms with E-state index in [0.717, 1.165) is 5.92 Å². The zero-order chi connectivity index (χ0) is 7.40. The van der Waals surface area contributed by atoms with Crippen LogP contribution in [-0.4, -0.2) is 25.0 Å². The quantitative estimate of drug-likeness (QED) is 0.582. The molecule has 0 aliphatic carbocycles. The van der Waals surface area contributed by atoms with Crippen LogP contribution in [0.25, 0.3) is 0 Å². The molecule has 0 spiro atoms. The zero-order valence-corrected chi connectivity index (χ0v) is 7.27. The van der Waals surface area contributed by atoms with Crippen LogP contribution in [0.4, 0.5) is 0 Å². The van der Waals surface area contributed by atoms with Crippen molar-refractivity contribution in [3.63, 3.8) is 0 Å². The Labute approximate surface area is 64.4 Å². The predicted octanol–water partition coefficient (Wildman–Crippen LogP) is 2.13. The van der Waals surface area contributed by atoms with Crippen LogP contribution in [0.5, 0.6) is 0 Å². The summed E-state index contributed by atoms with van der Waals surface area (Å²) in [5.74, 6) is 1.02. The Morgan fingerprint density at radius 3 is 2.80 bits per heavy atom. The van der Waals surface area contributed by atoms with Crippen LogP contribution < -0.4 is 0 Å². The van der Waals surface area contributed by atoms with Gasteiger partial charge < -0.3 is 4.90 Å². The highest BCUT2D eigenvalue weighted by Crippen LogP contribution is 2.19. The van der Waals surface area contributed by atoms with Crippen molar-refractivity contribution < 1.29 is 0 Å². The van der Waals surface area contributed by atoms with Crippen LogP contribution in [0.3, 0.4) is 0 Å². The molecular formula is C9H19N. The van der Waals surface area contributed by atoms with Gasteiger partial charge in [0.05, 0.1) is 0 Å². The van der Waals surface area contributed by atoms with E-state index in [9.17, 15) is 0 Å². The summed E-state index contributed by atoms with van der Waals surface area (Å²) in [6, 6.07) is 0. The monoisotopic (exact) mass is 141 g/mol. The van der Waals surface area contributed by atoms with Crippen LogP contribution in [-0.2, 0) is 0 Å². The van der Waals surface area contributed by atoms with Crippen molar-refractivity contribution in [1.82, 2.24) is 4.90 Å². The van der Waals surface area contributed by atoms with Gasteiger partial charge in [-0.25, -0.2) is 0 Å². The van der Waals surface area contributed by atoms with E-state index in [1.807, 2.05) is 0 Å². The molecule has 0 aromatic rings. The number of unbranched alkanes of at least 4 members (excludes halogenated alkanes) is 1. The molecular weight excluding hydrogens is 122 g/mol. The number of rotatable bonds is 3. The summed E-state index contributed by atoms with van der Waals surface area (Å²) in [5.41, 5.74) is 0. The average molecular weight is 141 g/mol. The highest BCUT2D eigenvalue weighted by atomic mass is 15.1. The first kappa shape index (κ1) is 8.06. The molecule has 1 unspecified atom stereocenters. The molecule has 1 aliphatic rings. The lowest BCUT2D eigenvalue weighted by molar-refractivity contribution is 0.384. The highest BCUT2D eigenvalue weighted by Gasteiger charge is 2.17. The van der Waals surface area contributed by atoms with Gasteiger partial charge in [0.2, 0.25) is 0 Å². The molecule has 1 nitrogen and oxygen atoms in total. The summed E-state index contributed by atoms with van der Waals surface area (Å²) in [6.45, 7) is 4.95. The molecule has 0 saturated carbocycles. The fourth-order valence-corrected chi connectivity index (χ4v) is 1.75. The average Bonchev–Trinajstić information content (AvgIpc) is 2.31. The molecule has 1 heteroatoms. The minimum atomic E-state index is 1.02. The molecule has 10 heavy (non-hydrogen) atoms. The van der Waals surface area contributed by atoms with E-state index in [0.29, 0.717) is 0 Å². The maximum Gasteiger partial charge on any atom is 0.000708 e. The molecule has 1 fully saturated rings. The largest absolute Gasteiger partial charge is 0.306 e. The van der Waals surface area contributed by atoms with Gasteiger partial charge in [-0.15, -0.1) is 0 Å². The van der Waals surface area contributed by atoms with Crippen LogP contribution in [0.15, 0.2) is 0 Å². The van der Waals surface area contributed by atoms with Crippen molar-refractivity contribution in [2.75, 3.05) is 20.1 Å². The number of nitrogens with zero attached hydrogens (tertiary/aromatic N) is 1. The zero-order valence-electron chi connectivity index (χ0n) is 7.27. The Kier molecular flexibility index (Phi) is 3.20. The molecule has 1 aliphatic heterocycles. The molecule has 0 radical (unpaired) electrons. The Morgan fingerprint density at radius 2 is 2.30 bits per heavy atom. The summed E-state index contributed by atoms with van der Waals surface area (Å²) in [6.07, 6.45) is 5.69. The lowest BCUT2D eigenvalue weighted by Crippen LogP contribution is -2.13. The molecule has 0 aromatic carbocycles. The van der Waals surface area contributed by atoms with E-state index in [4.69, 9.17) is 0 Å². The Morgan fingerprint density at radius 1 is 1.50 bits per heavy atom. The van der Waals surface area contributed by atoms with E-state index < -0.39 is 0 Å². The third-order valence-electron chi connectivity index (χ3n) is 2.45. The lowest BCUT2D eigenvalue weighted by atomic mass is 10.0. The van der Waals surface area contributed by atoms with Gasteiger partial charge in [0, 0.05) is 6.54 Å². The van der Waals surface area contributed by atoms with Gasteiger partial charge in [0.1, 0.15) is 0 Å². The number of hydrogen-bond acceptors (Lipinski definition) is 1. The van der Waals surface area contributed by atoms with Crippen molar-refractivity contribution in [3.05, 3.63) is 0 Å². The van der Waals surface area contributed by atoms with E-state index >= 15 is 0 Å². The third-order valence-corrected chi connectivity index (χ3v) is 2.45. The van der Waals surface area contributed by atoms with Crippen molar-refractivity contribution in [2.45, 2.75) is 32.6 Å². The van der Waals surface area contributed by atoms with Crippen LogP contribution in [0.2, 0.25) is 0 Å². The minimum Gasteiger partial charge on any atom is -0.306 e. The van der Waals surface area contributed by atoms with Crippen LogP contribution >= 0.6 is 0 Å². The smallest absolute Gasteiger partial charge is 0.000708 e. The summed E-state index contributed by atoms with van der Waals surface area (Å²) in [7, 11) is 2.23. The fraction of sp³-hybridized carbons (Fsp3) is 1.00. The summed E-state index contributed by atoms with van der Waals surface area (Å²) < 4.78 is 0. The second kappa shape index (κ2) is 3.97. The molecule has 60 valence electrons. The van der Waals surface area contributed by atoms with Crippen molar-refractivity contribution in [3.8, 4) is 0 Å². The number of likely N-dealkylation sites (tertiary alicyclic amines) is 1. The van der Waals surface area contributed by atoms with Gasteiger partial charge in [0.25, 0.3) is 0 Å². The third kappa shape index (κ3) is 2.30. The topological polar surface area (TPSA) is 3.24 Å². The molecule has 1 atom stereocenters. The first-order valence-corrected chi connectivity index (χ1v) is 4.51. The first-order chi connectivity index (χ1) is 4.83.